The fourth-order valence-corrected chi connectivity index (χ4v) is 3.43. The van der Waals surface area contributed by atoms with E-state index in [1.54, 1.807) is 23.1 Å². The maximum atomic E-state index is 4.12. The average molecular weight is 311 g/mol. The van der Waals surface area contributed by atoms with Gasteiger partial charge in [0, 0.05) is 5.75 Å². The second-order valence-corrected chi connectivity index (χ2v) is 6.83. The topological polar surface area (TPSA) is 25.8 Å². The fraction of sp³-hybridized carbons (Fsp3) is 0.500. The highest BCUT2D eigenvalue weighted by Crippen LogP contribution is 2.26. The van der Waals surface area contributed by atoms with E-state index in [0.29, 0.717) is 5.92 Å². The van der Waals surface area contributed by atoms with Crippen LogP contribution in [-0.2, 0) is 5.75 Å². The molecule has 1 aromatic carbocycles. The molecule has 1 heterocycles. The molecule has 0 aliphatic rings. The summed E-state index contributed by atoms with van der Waals surface area (Å²) in [4.78, 5) is 0. The van der Waals surface area contributed by atoms with Gasteiger partial charge in [-0.15, -0.1) is 10.2 Å². The molecule has 2 aromatic rings. The zero-order chi connectivity index (χ0) is 13.0. The molecule has 112 valence electrons. The zero-order valence-corrected chi connectivity index (χ0v) is 12.6. The summed E-state index contributed by atoms with van der Waals surface area (Å²) < 4.78 is 1.05. The van der Waals surface area contributed by atoms with Gasteiger partial charge in [0.2, 0.25) is 0 Å². The lowest BCUT2D eigenvalue weighted by atomic mass is 9.98. The molecule has 1 atom stereocenters. The van der Waals surface area contributed by atoms with Crippen LogP contribution in [0.5, 0.6) is 0 Å². The van der Waals surface area contributed by atoms with Gasteiger partial charge in [-0.25, -0.2) is 0 Å². The molecule has 0 aliphatic heterocycles. The van der Waals surface area contributed by atoms with Crippen molar-refractivity contribution >= 4 is 23.1 Å². The van der Waals surface area contributed by atoms with Crippen LogP contribution in [0.25, 0.3) is 0 Å². The first-order chi connectivity index (χ1) is 8.69. The third kappa shape index (κ3) is 5.25. The maximum Gasteiger partial charge on any atom is 0.174 e. The Hall–Kier alpha value is -0.870. The minimum Gasteiger partial charge on any atom is -0.143 e. The summed E-state index contributed by atoms with van der Waals surface area (Å²) in [6.07, 6.45) is 1.19. The molecule has 20 heavy (non-hydrogen) atoms. The normalized spacial score (nSPS) is 11.3. The third-order valence-electron chi connectivity index (χ3n) is 3.03. The van der Waals surface area contributed by atoms with Crippen molar-refractivity contribution in [3.8, 4) is 0 Å². The summed E-state index contributed by atoms with van der Waals surface area (Å²) in [6, 6.07) is 8.94. The van der Waals surface area contributed by atoms with E-state index >= 15 is 0 Å². The van der Waals surface area contributed by atoms with Gasteiger partial charge in [-0.3, -0.25) is 0 Å². The average Bonchev–Trinajstić information content (AvgIpc) is 2.82. The van der Waals surface area contributed by atoms with E-state index < -0.39 is 0 Å². The standard InChI is InChI=1S/C14H18N2S2.2CH4/c1-4-10(2)13-7-5-12(6-8-13)9-17-14-16-15-11(3)18-14;;/h5-8,10H,4,9H2,1-3H3;2*1H4. The van der Waals surface area contributed by atoms with Gasteiger partial charge in [-0.1, -0.05) is 76.1 Å². The van der Waals surface area contributed by atoms with Crippen molar-refractivity contribution < 1.29 is 0 Å². The number of hydrogen-bond acceptors (Lipinski definition) is 4. The summed E-state index contributed by atoms with van der Waals surface area (Å²) in [6.45, 7) is 6.49. The predicted octanol–water partition coefficient (Wildman–Crippen LogP) is 5.92. The molecule has 4 heteroatoms. The SMILES string of the molecule is C.C.CCC(C)c1ccc(CSc2nnc(C)s2)cc1. The van der Waals surface area contributed by atoms with Gasteiger partial charge in [0.05, 0.1) is 0 Å². The summed E-state index contributed by atoms with van der Waals surface area (Å²) in [7, 11) is 0. The van der Waals surface area contributed by atoms with E-state index in [1.165, 1.54) is 17.5 Å². The molecule has 0 spiro atoms. The molecule has 1 unspecified atom stereocenters. The first-order valence-electron chi connectivity index (χ1n) is 6.20. The van der Waals surface area contributed by atoms with Crippen LogP contribution in [0.2, 0.25) is 0 Å². The Bertz CT molecular complexity index is 491. The number of aromatic nitrogens is 2. The molecule has 0 fully saturated rings. The van der Waals surface area contributed by atoms with Crippen LogP contribution in [0.4, 0.5) is 0 Å². The second-order valence-electron chi connectivity index (χ2n) is 4.43. The predicted molar refractivity (Wildman–Crippen MR) is 92.8 cm³/mol. The summed E-state index contributed by atoms with van der Waals surface area (Å²) >= 11 is 3.42. The van der Waals surface area contributed by atoms with Gasteiger partial charge in [0.15, 0.2) is 4.34 Å². The number of hydrogen-bond donors (Lipinski definition) is 0. The second kappa shape index (κ2) is 9.14. The number of rotatable bonds is 5. The lowest BCUT2D eigenvalue weighted by Crippen LogP contribution is -1.91. The highest BCUT2D eigenvalue weighted by molar-refractivity contribution is 8.00. The number of aryl methyl sites for hydroxylation is 1. The van der Waals surface area contributed by atoms with E-state index in [9.17, 15) is 0 Å². The van der Waals surface area contributed by atoms with Crippen LogP contribution >= 0.6 is 23.1 Å². The molecule has 0 aliphatic carbocycles. The minimum absolute atomic E-state index is 0. The quantitative estimate of drug-likeness (QED) is 0.641. The molecule has 0 amide bonds. The molecule has 0 radical (unpaired) electrons. The van der Waals surface area contributed by atoms with E-state index in [4.69, 9.17) is 0 Å². The minimum atomic E-state index is 0. The number of nitrogens with zero attached hydrogens (tertiary/aromatic N) is 2. The monoisotopic (exact) mass is 310 g/mol. The Labute approximate surface area is 132 Å². The van der Waals surface area contributed by atoms with Gasteiger partial charge < -0.3 is 0 Å². The number of thioether (sulfide) groups is 1. The molecule has 0 saturated carbocycles. The molecule has 2 rings (SSSR count). The number of benzene rings is 1. The molecule has 0 N–H and O–H groups in total. The highest BCUT2D eigenvalue weighted by Gasteiger charge is 2.04. The van der Waals surface area contributed by atoms with Crippen LogP contribution in [0.1, 0.15) is 57.2 Å². The van der Waals surface area contributed by atoms with E-state index in [1.807, 2.05) is 6.92 Å². The van der Waals surface area contributed by atoms with E-state index in [-0.39, 0.29) is 14.9 Å². The lowest BCUT2D eigenvalue weighted by molar-refractivity contribution is 0.733. The van der Waals surface area contributed by atoms with E-state index in [0.717, 1.165) is 15.1 Å². The van der Waals surface area contributed by atoms with Crippen LogP contribution in [0.15, 0.2) is 28.6 Å². The zero-order valence-electron chi connectivity index (χ0n) is 11.0. The molecule has 0 bridgehead atoms. The smallest absolute Gasteiger partial charge is 0.143 e. The Morgan fingerprint density at radius 2 is 1.80 bits per heavy atom. The Morgan fingerprint density at radius 1 is 1.15 bits per heavy atom. The van der Waals surface area contributed by atoms with Crippen molar-refractivity contribution in [2.45, 2.75) is 58.1 Å². The summed E-state index contributed by atoms with van der Waals surface area (Å²) in [5.41, 5.74) is 2.78. The van der Waals surface area contributed by atoms with Crippen LogP contribution in [0, 0.1) is 6.92 Å². The molecular weight excluding hydrogens is 284 g/mol. The Balaban J connectivity index is 0.00000180. The first kappa shape index (κ1) is 19.1. The van der Waals surface area contributed by atoms with Gasteiger partial charge in [-0.2, -0.15) is 0 Å². The summed E-state index contributed by atoms with van der Waals surface area (Å²) in [5, 5.41) is 9.18. The fourth-order valence-electron chi connectivity index (χ4n) is 1.66. The molecular formula is C16H26N2S2. The molecule has 0 saturated heterocycles. The van der Waals surface area contributed by atoms with Crippen molar-refractivity contribution in [3.05, 3.63) is 40.4 Å². The molecule has 2 nitrogen and oxygen atoms in total. The summed E-state index contributed by atoms with van der Waals surface area (Å²) in [5.74, 6) is 1.62. The van der Waals surface area contributed by atoms with Gasteiger partial charge in [-0.05, 0) is 30.4 Å². The highest BCUT2D eigenvalue weighted by atomic mass is 32.2. The van der Waals surface area contributed by atoms with Crippen molar-refractivity contribution in [1.82, 2.24) is 10.2 Å². The van der Waals surface area contributed by atoms with Gasteiger partial charge in [0.1, 0.15) is 5.01 Å². The third-order valence-corrected chi connectivity index (χ3v) is 5.07. The van der Waals surface area contributed by atoms with Gasteiger partial charge in [0.25, 0.3) is 0 Å². The molecule has 1 aromatic heterocycles. The maximum absolute atomic E-state index is 4.12. The van der Waals surface area contributed by atoms with Crippen molar-refractivity contribution in [2.75, 3.05) is 0 Å². The van der Waals surface area contributed by atoms with E-state index in [2.05, 4.69) is 48.3 Å². The van der Waals surface area contributed by atoms with Gasteiger partial charge >= 0.3 is 0 Å². The Morgan fingerprint density at radius 3 is 2.30 bits per heavy atom. The van der Waals surface area contributed by atoms with Crippen molar-refractivity contribution in [2.24, 2.45) is 0 Å². The van der Waals surface area contributed by atoms with Crippen molar-refractivity contribution in [1.29, 1.82) is 0 Å². The first-order valence-corrected chi connectivity index (χ1v) is 8.01. The largest absolute Gasteiger partial charge is 0.174 e. The van der Waals surface area contributed by atoms with Crippen LogP contribution in [0.3, 0.4) is 0 Å². The van der Waals surface area contributed by atoms with Crippen LogP contribution in [-0.4, -0.2) is 10.2 Å². The van der Waals surface area contributed by atoms with Crippen molar-refractivity contribution in [3.63, 3.8) is 0 Å². The lowest BCUT2D eigenvalue weighted by Gasteiger charge is -2.09. The Kier molecular flexibility index (Phi) is 8.74. The van der Waals surface area contributed by atoms with Crippen LogP contribution < -0.4 is 0 Å².